The molecule has 0 amide bonds. The summed E-state index contributed by atoms with van der Waals surface area (Å²) in [6.07, 6.45) is 7.68. The van der Waals surface area contributed by atoms with Gasteiger partial charge in [-0.25, -0.2) is 23.1 Å². The van der Waals surface area contributed by atoms with Gasteiger partial charge in [0.2, 0.25) is 0 Å². The molecule has 0 spiro atoms. The highest BCUT2D eigenvalue weighted by molar-refractivity contribution is 9.10. The molecule has 2 aromatic heterocycles. The van der Waals surface area contributed by atoms with Crippen LogP contribution in [0.1, 0.15) is 31.7 Å². The largest absolute Gasteiger partial charge is 0.383 e. The Morgan fingerprint density at radius 3 is 2.18 bits per heavy atom. The van der Waals surface area contributed by atoms with Gasteiger partial charge in [0.25, 0.3) is 0 Å². The maximum absolute atomic E-state index is 15.4. The van der Waals surface area contributed by atoms with Gasteiger partial charge in [-0.2, -0.15) is 0 Å². The Labute approximate surface area is 233 Å². The van der Waals surface area contributed by atoms with E-state index in [-0.39, 0.29) is 16.1 Å². The van der Waals surface area contributed by atoms with Gasteiger partial charge >= 0.3 is 0 Å². The number of hydrogen-bond donors (Lipinski definition) is 1. The first-order valence-electron chi connectivity index (χ1n) is 13.3. The predicted octanol–water partition coefficient (Wildman–Crippen LogP) is 6.26. The SMILES string of the molecule is CN1CCN(C2CCC(n3cc(-c4ccc(-c5c(F)cc(Br)cc5F)c(F)c4)c4c(N)ncnc43)CC2)CC1. The molecule has 2 aliphatic rings. The molecule has 0 radical (unpaired) electrons. The van der Waals surface area contributed by atoms with Crippen LogP contribution in [0.2, 0.25) is 0 Å². The van der Waals surface area contributed by atoms with E-state index in [1.54, 1.807) is 6.07 Å². The van der Waals surface area contributed by atoms with Crippen molar-refractivity contribution in [2.24, 2.45) is 0 Å². The summed E-state index contributed by atoms with van der Waals surface area (Å²) in [5, 5.41) is 0.659. The number of piperazine rings is 1. The molecule has 39 heavy (non-hydrogen) atoms. The smallest absolute Gasteiger partial charge is 0.146 e. The molecule has 4 aromatic rings. The first kappa shape index (κ1) is 26.3. The lowest BCUT2D eigenvalue weighted by Crippen LogP contribution is -2.49. The molecule has 2 fully saturated rings. The molecule has 204 valence electrons. The van der Waals surface area contributed by atoms with E-state index in [9.17, 15) is 8.78 Å². The van der Waals surface area contributed by atoms with Crippen LogP contribution in [0, 0.1) is 17.5 Å². The number of nitrogens with two attached hydrogens (primary N) is 1. The van der Waals surface area contributed by atoms with Crippen molar-refractivity contribution >= 4 is 32.8 Å². The van der Waals surface area contributed by atoms with Gasteiger partial charge < -0.3 is 15.2 Å². The molecule has 3 heterocycles. The maximum atomic E-state index is 15.4. The Morgan fingerprint density at radius 1 is 0.846 bits per heavy atom. The molecule has 2 N–H and O–H groups in total. The summed E-state index contributed by atoms with van der Waals surface area (Å²) in [5.74, 6) is -2.09. The van der Waals surface area contributed by atoms with Crippen molar-refractivity contribution in [3.63, 3.8) is 0 Å². The van der Waals surface area contributed by atoms with Crippen LogP contribution >= 0.6 is 15.9 Å². The molecule has 0 bridgehead atoms. The number of anilines is 1. The van der Waals surface area contributed by atoms with Crippen molar-refractivity contribution in [2.75, 3.05) is 39.0 Å². The second-order valence-corrected chi connectivity index (χ2v) is 11.6. The molecule has 1 aliphatic carbocycles. The van der Waals surface area contributed by atoms with E-state index in [4.69, 9.17) is 5.73 Å². The Kier molecular flexibility index (Phi) is 7.11. The van der Waals surface area contributed by atoms with E-state index in [0.29, 0.717) is 28.4 Å². The van der Waals surface area contributed by atoms with Gasteiger partial charge in [-0.3, -0.25) is 4.90 Å². The molecule has 1 aliphatic heterocycles. The van der Waals surface area contributed by atoms with E-state index in [1.807, 2.05) is 6.20 Å². The van der Waals surface area contributed by atoms with Gasteiger partial charge in [0.15, 0.2) is 0 Å². The zero-order valence-electron chi connectivity index (χ0n) is 21.7. The summed E-state index contributed by atoms with van der Waals surface area (Å²) >= 11 is 3.07. The van der Waals surface area contributed by atoms with E-state index in [0.717, 1.165) is 69.6 Å². The van der Waals surface area contributed by atoms with Gasteiger partial charge in [0.1, 0.15) is 35.2 Å². The monoisotopic (exact) mass is 598 g/mol. The summed E-state index contributed by atoms with van der Waals surface area (Å²) in [6, 6.07) is 7.45. The third-order valence-electron chi connectivity index (χ3n) is 8.31. The van der Waals surface area contributed by atoms with Gasteiger partial charge in [-0.1, -0.05) is 28.1 Å². The van der Waals surface area contributed by atoms with Crippen LogP contribution in [0.3, 0.4) is 0 Å². The minimum absolute atomic E-state index is 0.142. The molecule has 6 rings (SSSR count). The number of nitrogens with zero attached hydrogens (tertiary/aromatic N) is 5. The lowest BCUT2D eigenvalue weighted by atomic mass is 9.89. The molecule has 1 saturated carbocycles. The number of hydrogen-bond acceptors (Lipinski definition) is 5. The van der Waals surface area contributed by atoms with Crippen LogP contribution in [-0.2, 0) is 0 Å². The summed E-state index contributed by atoms with van der Waals surface area (Å²) < 4.78 is 46.9. The molecule has 0 atom stereocenters. The van der Waals surface area contributed by atoms with Crippen LogP contribution in [-0.4, -0.2) is 63.6 Å². The third-order valence-corrected chi connectivity index (χ3v) is 8.77. The zero-order chi connectivity index (χ0) is 27.3. The van der Waals surface area contributed by atoms with Crippen molar-refractivity contribution in [2.45, 2.75) is 37.8 Å². The number of rotatable bonds is 4. The Balaban J connectivity index is 1.32. The first-order valence-corrected chi connectivity index (χ1v) is 14.1. The van der Waals surface area contributed by atoms with Crippen LogP contribution in [0.25, 0.3) is 33.3 Å². The topological polar surface area (TPSA) is 63.2 Å². The lowest BCUT2D eigenvalue weighted by Gasteiger charge is -2.41. The Morgan fingerprint density at radius 2 is 1.51 bits per heavy atom. The third kappa shape index (κ3) is 4.94. The van der Waals surface area contributed by atoms with Crippen molar-refractivity contribution in [1.29, 1.82) is 0 Å². The first-order chi connectivity index (χ1) is 18.8. The highest BCUT2D eigenvalue weighted by Gasteiger charge is 2.30. The quantitative estimate of drug-likeness (QED) is 0.300. The summed E-state index contributed by atoms with van der Waals surface area (Å²) in [5.41, 5.74) is 7.73. The number of halogens is 4. The molecular formula is C29H30BrF3N6. The highest BCUT2D eigenvalue weighted by Crippen LogP contribution is 2.40. The van der Waals surface area contributed by atoms with Gasteiger partial charge in [-0.05, 0) is 56.5 Å². The summed E-state index contributed by atoms with van der Waals surface area (Å²) in [7, 11) is 2.17. The van der Waals surface area contributed by atoms with Gasteiger partial charge in [-0.15, -0.1) is 0 Å². The Hall–Kier alpha value is -2.95. The Bertz CT molecular complexity index is 1500. The van der Waals surface area contributed by atoms with Crippen LogP contribution in [0.15, 0.2) is 47.3 Å². The average molecular weight is 599 g/mol. The van der Waals surface area contributed by atoms with Crippen molar-refractivity contribution in [1.82, 2.24) is 24.3 Å². The predicted molar refractivity (Wildman–Crippen MR) is 151 cm³/mol. The van der Waals surface area contributed by atoms with Crippen molar-refractivity contribution in [3.05, 3.63) is 64.8 Å². The lowest BCUT2D eigenvalue weighted by molar-refractivity contribution is 0.0828. The minimum atomic E-state index is -0.838. The normalized spacial score (nSPS) is 21.1. The van der Waals surface area contributed by atoms with E-state index < -0.39 is 23.0 Å². The molecule has 6 nitrogen and oxygen atoms in total. The van der Waals surface area contributed by atoms with Gasteiger partial charge in [0.05, 0.1) is 10.9 Å². The van der Waals surface area contributed by atoms with Gasteiger partial charge in [0, 0.05) is 60.1 Å². The molecule has 10 heteroatoms. The fourth-order valence-corrected chi connectivity index (χ4v) is 6.58. The number of aromatic nitrogens is 3. The van der Waals surface area contributed by atoms with Crippen LogP contribution in [0.5, 0.6) is 0 Å². The second-order valence-electron chi connectivity index (χ2n) is 10.6. The number of likely N-dealkylation sites (N-methyl/N-ethyl adjacent to an activating group) is 1. The highest BCUT2D eigenvalue weighted by atomic mass is 79.9. The van der Waals surface area contributed by atoms with E-state index in [1.165, 1.54) is 18.5 Å². The van der Waals surface area contributed by atoms with Crippen LogP contribution in [0.4, 0.5) is 19.0 Å². The molecule has 1 saturated heterocycles. The second kappa shape index (κ2) is 10.6. The van der Waals surface area contributed by atoms with E-state index in [2.05, 4.69) is 47.3 Å². The minimum Gasteiger partial charge on any atom is -0.383 e. The number of nitrogen functional groups attached to an aromatic ring is 1. The fraction of sp³-hybridized carbons (Fsp3) is 0.379. The van der Waals surface area contributed by atoms with E-state index >= 15 is 4.39 Å². The van der Waals surface area contributed by atoms with Crippen LogP contribution < -0.4 is 5.73 Å². The average Bonchev–Trinajstić information content (AvgIpc) is 3.31. The standard InChI is InChI=1S/C29H30BrF3N6/c1-37-8-10-38(11-9-37)19-3-5-20(6-4-19)39-15-22(27-28(34)35-16-36-29(27)39)17-2-7-21(23(31)12-17)26-24(32)13-18(30)14-25(26)33/h2,7,12-16,19-20H,3-6,8-11H2,1H3,(H2,34,35,36). The summed E-state index contributed by atoms with van der Waals surface area (Å²) in [4.78, 5) is 13.8. The molecule has 0 unspecified atom stereocenters. The molecule has 2 aromatic carbocycles. The number of fused-ring (bicyclic) bond motifs is 1. The number of benzene rings is 2. The maximum Gasteiger partial charge on any atom is 0.146 e. The van der Waals surface area contributed by atoms with Crippen molar-refractivity contribution in [3.8, 4) is 22.3 Å². The molecular weight excluding hydrogens is 569 g/mol. The zero-order valence-corrected chi connectivity index (χ0v) is 23.3. The fourth-order valence-electron chi connectivity index (χ4n) is 6.18. The summed E-state index contributed by atoms with van der Waals surface area (Å²) in [6.45, 7) is 4.44. The van der Waals surface area contributed by atoms with Crippen molar-refractivity contribution < 1.29 is 13.2 Å².